The second-order valence-electron chi connectivity index (χ2n) is 5.55. The number of rotatable bonds is 6. The van der Waals surface area contributed by atoms with Gasteiger partial charge in [0.2, 0.25) is 0 Å². The Balaban J connectivity index is 2.62. The summed E-state index contributed by atoms with van der Waals surface area (Å²) in [6.45, 7) is 9.64. The summed E-state index contributed by atoms with van der Waals surface area (Å²) in [6, 6.07) is 0. The lowest BCUT2D eigenvalue weighted by Gasteiger charge is -2.27. The lowest BCUT2D eigenvalue weighted by Crippen LogP contribution is -2.50. The van der Waals surface area contributed by atoms with Gasteiger partial charge in [-0.25, -0.2) is 0 Å². The van der Waals surface area contributed by atoms with Crippen LogP contribution in [0.2, 0.25) is 0 Å². The van der Waals surface area contributed by atoms with Gasteiger partial charge in [0.05, 0.1) is 7.11 Å². The number of carbonyl (C=O) groups is 1. The van der Waals surface area contributed by atoms with Crippen LogP contribution >= 0.6 is 11.8 Å². The molecule has 0 amide bonds. The van der Waals surface area contributed by atoms with E-state index in [-0.39, 0.29) is 5.97 Å². The fourth-order valence-electron chi connectivity index (χ4n) is 2.53. The maximum absolute atomic E-state index is 12.0. The number of ether oxygens (including phenoxy) is 1. The van der Waals surface area contributed by atoms with E-state index in [9.17, 15) is 4.79 Å². The van der Waals surface area contributed by atoms with Crippen molar-refractivity contribution in [3.63, 3.8) is 0 Å². The number of thioether (sulfide) groups is 1. The second kappa shape index (κ2) is 6.80. The molecule has 1 N–H and O–H groups in total. The first-order valence-electron chi connectivity index (χ1n) is 6.94. The van der Waals surface area contributed by atoms with Crippen molar-refractivity contribution in [2.75, 3.05) is 13.7 Å². The first kappa shape index (κ1) is 15.8. The molecule has 1 fully saturated rings. The Labute approximate surface area is 115 Å². The van der Waals surface area contributed by atoms with E-state index in [0.717, 1.165) is 25.8 Å². The zero-order chi connectivity index (χ0) is 13.8. The highest BCUT2D eigenvalue weighted by Crippen LogP contribution is 2.40. The molecule has 18 heavy (non-hydrogen) atoms. The molecule has 0 saturated heterocycles. The minimum absolute atomic E-state index is 0.0929. The topological polar surface area (TPSA) is 38.3 Å². The van der Waals surface area contributed by atoms with Crippen LogP contribution in [0.5, 0.6) is 0 Å². The maximum Gasteiger partial charge on any atom is 0.326 e. The van der Waals surface area contributed by atoms with Gasteiger partial charge in [0, 0.05) is 10.5 Å². The summed E-state index contributed by atoms with van der Waals surface area (Å²) >= 11 is 2.02. The van der Waals surface area contributed by atoms with Crippen LogP contribution in [0.25, 0.3) is 0 Å². The van der Waals surface area contributed by atoms with E-state index >= 15 is 0 Å². The van der Waals surface area contributed by atoms with Gasteiger partial charge >= 0.3 is 5.97 Å². The van der Waals surface area contributed by atoms with Crippen molar-refractivity contribution in [3.8, 4) is 0 Å². The van der Waals surface area contributed by atoms with Crippen molar-refractivity contribution in [1.82, 2.24) is 5.32 Å². The average Bonchev–Trinajstić information content (AvgIpc) is 2.73. The molecule has 0 aromatic carbocycles. The molecule has 0 bridgehead atoms. The highest BCUT2D eigenvalue weighted by Gasteiger charge is 2.46. The molecule has 1 aliphatic carbocycles. The molecule has 1 aliphatic rings. The van der Waals surface area contributed by atoms with Gasteiger partial charge < -0.3 is 10.1 Å². The van der Waals surface area contributed by atoms with Gasteiger partial charge in [-0.15, -0.1) is 0 Å². The minimum atomic E-state index is -0.433. The Hall–Kier alpha value is -0.220. The Bertz CT molecular complexity index is 283. The van der Waals surface area contributed by atoms with Gasteiger partial charge in [-0.1, -0.05) is 27.7 Å². The van der Waals surface area contributed by atoms with Crippen molar-refractivity contribution in [2.45, 2.75) is 63.0 Å². The minimum Gasteiger partial charge on any atom is -0.468 e. The molecule has 3 nitrogen and oxygen atoms in total. The molecular formula is C14H27NO2S. The highest BCUT2D eigenvalue weighted by atomic mass is 32.2. The van der Waals surface area contributed by atoms with Crippen LogP contribution in [0, 0.1) is 5.92 Å². The quantitative estimate of drug-likeness (QED) is 0.755. The first-order chi connectivity index (χ1) is 8.45. The van der Waals surface area contributed by atoms with Crippen LogP contribution in [0.3, 0.4) is 0 Å². The number of methoxy groups -OCH3 is 1. The Morgan fingerprint density at radius 2 is 2.17 bits per heavy atom. The molecule has 4 heteroatoms. The van der Waals surface area contributed by atoms with Crippen LogP contribution in [0.4, 0.5) is 0 Å². The van der Waals surface area contributed by atoms with Crippen molar-refractivity contribution in [2.24, 2.45) is 5.92 Å². The number of hydrogen-bond acceptors (Lipinski definition) is 4. The Morgan fingerprint density at radius 3 is 2.67 bits per heavy atom. The van der Waals surface area contributed by atoms with Crippen LogP contribution in [0.15, 0.2) is 0 Å². The molecule has 0 spiro atoms. The van der Waals surface area contributed by atoms with Crippen LogP contribution in [-0.4, -0.2) is 35.7 Å². The summed E-state index contributed by atoms with van der Waals surface area (Å²) in [5.74, 6) is 0.590. The summed E-state index contributed by atoms with van der Waals surface area (Å²) in [4.78, 5) is 12.0. The molecule has 3 atom stereocenters. The predicted octanol–water partition coefficient (Wildman–Crippen LogP) is 2.84. The van der Waals surface area contributed by atoms with E-state index in [1.54, 1.807) is 0 Å². The predicted molar refractivity (Wildman–Crippen MR) is 78.0 cm³/mol. The monoisotopic (exact) mass is 273 g/mol. The van der Waals surface area contributed by atoms with Gasteiger partial charge in [-0.05, 0) is 31.7 Å². The van der Waals surface area contributed by atoms with Gasteiger partial charge in [0.1, 0.15) is 5.54 Å². The molecule has 106 valence electrons. The van der Waals surface area contributed by atoms with E-state index in [2.05, 4.69) is 26.1 Å². The molecule has 0 heterocycles. The number of hydrogen-bond donors (Lipinski definition) is 1. The first-order valence-corrected chi connectivity index (χ1v) is 7.88. The van der Waals surface area contributed by atoms with Crippen LogP contribution in [0.1, 0.15) is 47.0 Å². The third kappa shape index (κ3) is 3.64. The molecule has 3 unspecified atom stereocenters. The molecule has 1 rings (SSSR count). The number of esters is 1. The van der Waals surface area contributed by atoms with E-state index in [1.807, 2.05) is 18.7 Å². The largest absolute Gasteiger partial charge is 0.468 e. The maximum atomic E-state index is 12.0. The van der Waals surface area contributed by atoms with Crippen molar-refractivity contribution < 1.29 is 9.53 Å². The number of likely N-dealkylation sites (N-methyl/N-ethyl adjacent to an activating group) is 1. The van der Waals surface area contributed by atoms with E-state index < -0.39 is 5.54 Å². The molecule has 0 aromatic heterocycles. The van der Waals surface area contributed by atoms with Crippen molar-refractivity contribution in [1.29, 1.82) is 0 Å². The standard InChI is InChI=1S/C14H27NO2S/c1-6-15-14(13(16)17-5)8-7-12(9-14)18-11(4)10(2)3/h10-12,15H,6-9H2,1-5H3. The smallest absolute Gasteiger partial charge is 0.326 e. The summed E-state index contributed by atoms with van der Waals surface area (Å²) in [5, 5.41) is 4.57. The Kier molecular flexibility index (Phi) is 5.99. The van der Waals surface area contributed by atoms with E-state index in [0.29, 0.717) is 16.4 Å². The molecule has 0 aromatic rings. The van der Waals surface area contributed by atoms with E-state index in [4.69, 9.17) is 4.74 Å². The highest BCUT2D eigenvalue weighted by molar-refractivity contribution is 8.00. The fourth-order valence-corrected chi connectivity index (χ4v) is 4.08. The van der Waals surface area contributed by atoms with E-state index in [1.165, 1.54) is 7.11 Å². The second-order valence-corrected chi connectivity index (χ2v) is 7.24. The van der Waals surface area contributed by atoms with Gasteiger partial charge in [-0.3, -0.25) is 4.79 Å². The van der Waals surface area contributed by atoms with Crippen LogP contribution < -0.4 is 5.32 Å². The lowest BCUT2D eigenvalue weighted by molar-refractivity contribution is -0.148. The van der Waals surface area contributed by atoms with Crippen LogP contribution in [-0.2, 0) is 9.53 Å². The Morgan fingerprint density at radius 1 is 1.50 bits per heavy atom. The summed E-state index contributed by atoms with van der Waals surface area (Å²) < 4.78 is 4.98. The zero-order valence-corrected chi connectivity index (χ0v) is 13.1. The third-order valence-electron chi connectivity index (χ3n) is 3.91. The summed E-state index contributed by atoms with van der Waals surface area (Å²) in [7, 11) is 1.48. The third-order valence-corrected chi connectivity index (χ3v) is 5.67. The van der Waals surface area contributed by atoms with Gasteiger partial charge in [0.15, 0.2) is 0 Å². The normalized spacial score (nSPS) is 29.6. The number of nitrogens with one attached hydrogen (secondary N) is 1. The number of carbonyl (C=O) groups excluding carboxylic acids is 1. The van der Waals surface area contributed by atoms with Gasteiger partial charge in [-0.2, -0.15) is 11.8 Å². The van der Waals surface area contributed by atoms with Crippen molar-refractivity contribution in [3.05, 3.63) is 0 Å². The average molecular weight is 273 g/mol. The fraction of sp³-hybridized carbons (Fsp3) is 0.929. The molecule has 0 radical (unpaired) electrons. The zero-order valence-electron chi connectivity index (χ0n) is 12.3. The SMILES string of the molecule is CCNC1(C(=O)OC)CCC(SC(C)C(C)C)C1. The van der Waals surface area contributed by atoms with Gasteiger partial charge in [0.25, 0.3) is 0 Å². The molecular weight excluding hydrogens is 246 g/mol. The molecule has 1 saturated carbocycles. The summed E-state index contributed by atoms with van der Waals surface area (Å²) in [5.41, 5.74) is -0.433. The summed E-state index contributed by atoms with van der Waals surface area (Å²) in [6.07, 6.45) is 2.90. The lowest BCUT2D eigenvalue weighted by atomic mass is 9.98. The van der Waals surface area contributed by atoms with Crippen molar-refractivity contribution >= 4 is 17.7 Å². The molecule has 0 aliphatic heterocycles.